The number of aromatic nitrogens is 2. The summed E-state index contributed by atoms with van der Waals surface area (Å²) < 4.78 is 0. The second-order valence-electron chi connectivity index (χ2n) is 4.79. The lowest BCUT2D eigenvalue weighted by Gasteiger charge is -1.99. The van der Waals surface area contributed by atoms with Gasteiger partial charge in [-0.05, 0) is 36.6 Å². The lowest BCUT2D eigenvalue weighted by atomic mass is 10.1. The van der Waals surface area contributed by atoms with E-state index in [1.807, 2.05) is 0 Å². The number of rotatable bonds is 6. The van der Waals surface area contributed by atoms with E-state index in [1.54, 1.807) is 36.5 Å². The van der Waals surface area contributed by atoms with Crippen LogP contribution in [0, 0.1) is 0 Å². The van der Waals surface area contributed by atoms with Crippen molar-refractivity contribution >= 4 is 11.9 Å². The molecule has 0 aliphatic rings. The van der Waals surface area contributed by atoms with Crippen LogP contribution in [0.5, 0.6) is 5.75 Å². The Balaban J connectivity index is 2.01. The van der Waals surface area contributed by atoms with Crippen LogP contribution in [0.3, 0.4) is 0 Å². The minimum atomic E-state index is -0.183. The summed E-state index contributed by atoms with van der Waals surface area (Å²) in [4.78, 5) is 20.4. The second-order valence-corrected chi connectivity index (χ2v) is 4.79. The molecule has 1 aromatic heterocycles. The van der Waals surface area contributed by atoms with Gasteiger partial charge in [0, 0.05) is 6.20 Å². The predicted molar refractivity (Wildman–Crippen MR) is 82.1 cm³/mol. The van der Waals surface area contributed by atoms with Gasteiger partial charge in [-0.1, -0.05) is 31.6 Å². The largest absolute Gasteiger partial charge is 0.508 e. The number of allylic oxidation sites excluding steroid dienone is 1. The number of aryl methyl sites for hydroxylation is 1. The predicted octanol–water partition coefficient (Wildman–Crippen LogP) is 3.42. The monoisotopic (exact) mass is 282 g/mol. The Morgan fingerprint density at radius 1 is 1.19 bits per heavy atom. The molecule has 1 heterocycles. The fourth-order valence-electron chi connectivity index (χ4n) is 1.81. The van der Waals surface area contributed by atoms with Gasteiger partial charge in [0.15, 0.2) is 0 Å². The summed E-state index contributed by atoms with van der Waals surface area (Å²) in [7, 11) is 0. The highest BCUT2D eigenvalue weighted by Crippen LogP contribution is 2.11. The number of aromatic hydroxyl groups is 1. The molecule has 0 saturated heterocycles. The van der Waals surface area contributed by atoms with Crippen LogP contribution >= 0.6 is 0 Å². The van der Waals surface area contributed by atoms with E-state index in [1.165, 1.54) is 12.3 Å². The summed E-state index contributed by atoms with van der Waals surface area (Å²) in [6.07, 6.45) is 9.41. The Labute approximate surface area is 124 Å². The lowest BCUT2D eigenvalue weighted by molar-refractivity contribution is 0.104. The molecule has 0 radical (unpaired) electrons. The quantitative estimate of drug-likeness (QED) is 0.651. The molecular weight excluding hydrogens is 264 g/mol. The van der Waals surface area contributed by atoms with Crippen LogP contribution in [-0.2, 0) is 6.42 Å². The third kappa shape index (κ3) is 4.53. The minimum absolute atomic E-state index is 0.183. The Morgan fingerprint density at radius 3 is 2.57 bits per heavy atom. The van der Waals surface area contributed by atoms with Gasteiger partial charge in [0.25, 0.3) is 0 Å². The van der Waals surface area contributed by atoms with Gasteiger partial charge in [-0.3, -0.25) is 9.78 Å². The molecule has 2 rings (SSSR count). The van der Waals surface area contributed by atoms with Gasteiger partial charge in [0.2, 0.25) is 5.78 Å². The molecule has 0 spiro atoms. The lowest BCUT2D eigenvalue weighted by Crippen LogP contribution is -2.01. The number of carbonyl (C=O) groups excluding carboxylic acids is 1. The SMILES string of the molecule is CCCCc1cnc(C(=O)/C=C/c2ccc(O)cc2)cn1. The smallest absolute Gasteiger partial charge is 0.205 e. The van der Waals surface area contributed by atoms with Gasteiger partial charge in [-0.2, -0.15) is 0 Å². The van der Waals surface area contributed by atoms with Crippen LogP contribution in [0.25, 0.3) is 6.08 Å². The molecule has 108 valence electrons. The number of phenols is 1. The molecule has 0 aliphatic carbocycles. The van der Waals surface area contributed by atoms with E-state index in [0.29, 0.717) is 5.69 Å². The zero-order valence-electron chi connectivity index (χ0n) is 12.0. The van der Waals surface area contributed by atoms with Crippen molar-refractivity contribution in [2.75, 3.05) is 0 Å². The molecule has 0 fully saturated rings. The molecule has 4 nitrogen and oxygen atoms in total. The zero-order valence-corrected chi connectivity index (χ0v) is 12.0. The highest BCUT2D eigenvalue weighted by atomic mass is 16.3. The normalized spacial score (nSPS) is 10.9. The molecule has 2 aromatic rings. The molecule has 1 aromatic carbocycles. The first kappa shape index (κ1) is 14.9. The molecule has 0 atom stereocenters. The Kier molecular flexibility index (Phi) is 5.21. The number of hydrogen-bond acceptors (Lipinski definition) is 4. The Bertz CT molecular complexity index is 616. The van der Waals surface area contributed by atoms with E-state index in [4.69, 9.17) is 0 Å². The summed E-state index contributed by atoms with van der Waals surface area (Å²) in [5.41, 5.74) is 2.09. The number of unbranched alkanes of at least 4 members (excludes halogenated alkanes) is 1. The topological polar surface area (TPSA) is 63.1 Å². The summed E-state index contributed by atoms with van der Waals surface area (Å²) in [5.74, 6) is 0.0182. The van der Waals surface area contributed by atoms with Gasteiger partial charge >= 0.3 is 0 Å². The van der Waals surface area contributed by atoms with E-state index in [9.17, 15) is 9.90 Å². The standard InChI is InChI=1S/C17H18N2O2/c1-2-3-4-14-11-19-16(12-18-14)17(21)10-7-13-5-8-15(20)9-6-13/h5-12,20H,2-4H2,1H3/b10-7+. The number of ketones is 1. The van der Waals surface area contributed by atoms with Crippen molar-refractivity contribution in [2.24, 2.45) is 0 Å². The van der Waals surface area contributed by atoms with E-state index >= 15 is 0 Å². The fraction of sp³-hybridized carbons (Fsp3) is 0.235. The minimum Gasteiger partial charge on any atom is -0.508 e. The van der Waals surface area contributed by atoms with Crippen LogP contribution in [0.1, 0.15) is 41.5 Å². The van der Waals surface area contributed by atoms with E-state index in [-0.39, 0.29) is 11.5 Å². The fourth-order valence-corrected chi connectivity index (χ4v) is 1.81. The van der Waals surface area contributed by atoms with Crippen molar-refractivity contribution < 1.29 is 9.90 Å². The van der Waals surface area contributed by atoms with E-state index in [2.05, 4.69) is 16.9 Å². The van der Waals surface area contributed by atoms with Crippen LogP contribution in [-0.4, -0.2) is 20.9 Å². The molecule has 0 amide bonds. The third-order valence-corrected chi connectivity index (χ3v) is 3.06. The first-order valence-corrected chi connectivity index (χ1v) is 7.01. The molecule has 4 heteroatoms. The highest BCUT2D eigenvalue weighted by Gasteiger charge is 2.04. The molecule has 1 N–H and O–H groups in total. The molecule has 0 unspecified atom stereocenters. The van der Waals surface area contributed by atoms with Gasteiger partial charge in [-0.15, -0.1) is 0 Å². The van der Waals surface area contributed by atoms with Gasteiger partial charge in [-0.25, -0.2) is 4.98 Å². The van der Waals surface area contributed by atoms with E-state index in [0.717, 1.165) is 30.5 Å². The van der Waals surface area contributed by atoms with Crippen molar-refractivity contribution in [3.8, 4) is 5.75 Å². The van der Waals surface area contributed by atoms with Gasteiger partial charge < -0.3 is 5.11 Å². The molecular formula is C17H18N2O2. The van der Waals surface area contributed by atoms with Crippen molar-refractivity contribution in [1.82, 2.24) is 9.97 Å². The third-order valence-electron chi connectivity index (χ3n) is 3.06. The summed E-state index contributed by atoms with van der Waals surface area (Å²) in [6.45, 7) is 2.12. The number of hydrogen-bond donors (Lipinski definition) is 1. The van der Waals surface area contributed by atoms with Gasteiger partial charge in [0.05, 0.1) is 11.9 Å². The Morgan fingerprint density at radius 2 is 1.95 bits per heavy atom. The molecule has 21 heavy (non-hydrogen) atoms. The van der Waals surface area contributed by atoms with Crippen LogP contribution in [0.15, 0.2) is 42.7 Å². The Hall–Kier alpha value is -2.49. The zero-order chi connectivity index (χ0) is 15.1. The van der Waals surface area contributed by atoms with Crippen LogP contribution < -0.4 is 0 Å². The summed E-state index contributed by atoms with van der Waals surface area (Å²) >= 11 is 0. The van der Waals surface area contributed by atoms with Crippen molar-refractivity contribution in [2.45, 2.75) is 26.2 Å². The molecule has 0 saturated carbocycles. The summed E-state index contributed by atoms with van der Waals surface area (Å²) in [6, 6.07) is 6.62. The first-order valence-electron chi connectivity index (χ1n) is 7.01. The maximum absolute atomic E-state index is 12.0. The average Bonchev–Trinajstić information content (AvgIpc) is 2.52. The molecule has 0 bridgehead atoms. The average molecular weight is 282 g/mol. The number of carbonyl (C=O) groups is 1. The van der Waals surface area contributed by atoms with Crippen molar-refractivity contribution in [1.29, 1.82) is 0 Å². The second kappa shape index (κ2) is 7.33. The maximum Gasteiger partial charge on any atom is 0.205 e. The van der Waals surface area contributed by atoms with Crippen LogP contribution in [0.2, 0.25) is 0 Å². The van der Waals surface area contributed by atoms with Crippen LogP contribution in [0.4, 0.5) is 0 Å². The number of benzene rings is 1. The van der Waals surface area contributed by atoms with E-state index < -0.39 is 0 Å². The van der Waals surface area contributed by atoms with Crippen molar-refractivity contribution in [3.63, 3.8) is 0 Å². The van der Waals surface area contributed by atoms with Crippen molar-refractivity contribution in [3.05, 3.63) is 59.7 Å². The molecule has 0 aliphatic heterocycles. The van der Waals surface area contributed by atoms with Gasteiger partial charge in [0.1, 0.15) is 11.4 Å². The first-order chi connectivity index (χ1) is 10.2. The number of nitrogens with zero attached hydrogens (tertiary/aromatic N) is 2. The summed E-state index contributed by atoms with van der Waals surface area (Å²) in [5, 5.41) is 9.19. The maximum atomic E-state index is 12.0. The number of phenolic OH excluding ortho intramolecular Hbond substituents is 1. The highest BCUT2D eigenvalue weighted by molar-refractivity contribution is 6.05.